The minimum Gasteiger partial charge on any atom is -0.398 e. The van der Waals surface area contributed by atoms with E-state index in [1.165, 1.54) is 0 Å². The number of fused-ring (bicyclic) bond motifs is 1. The molecule has 0 saturated heterocycles. The molecule has 0 spiro atoms. The molecule has 3 rings (SSSR count). The molecule has 1 heterocycles. The standard InChI is InChI=1S/C16H12ClN3O/c17-12-4-2-5-13(18)15(12)16(21)20-14-6-1-3-10-7-8-19-9-11(10)14/h1-9H,18H2,(H,20,21). The number of nitrogens with two attached hydrogens (primary N) is 1. The molecule has 1 aromatic heterocycles. The van der Waals surface area contributed by atoms with Crippen molar-refractivity contribution in [3.8, 4) is 0 Å². The molecule has 0 aliphatic rings. The molecule has 0 unspecified atom stereocenters. The number of benzene rings is 2. The zero-order valence-corrected chi connectivity index (χ0v) is 11.8. The summed E-state index contributed by atoms with van der Waals surface area (Å²) in [5, 5.41) is 5.02. The van der Waals surface area contributed by atoms with E-state index in [1.807, 2.05) is 24.3 Å². The molecule has 104 valence electrons. The monoisotopic (exact) mass is 297 g/mol. The SMILES string of the molecule is Nc1cccc(Cl)c1C(=O)Nc1cccc2ccncc12. The van der Waals surface area contributed by atoms with Crippen LogP contribution in [0.4, 0.5) is 11.4 Å². The fourth-order valence-electron chi connectivity index (χ4n) is 2.19. The summed E-state index contributed by atoms with van der Waals surface area (Å²) in [6, 6.07) is 12.5. The van der Waals surface area contributed by atoms with Gasteiger partial charge in [0, 0.05) is 23.5 Å². The highest BCUT2D eigenvalue weighted by molar-refractivity contribution is 6.35. The summed E-state index contributed by atoms with van der Waals surface area (Å²) >= 11 is 6.06. The second-order valence-electron chi connectivity index (χ2n) is 4.56. The van der Waals surface area contributed by atoms with Crippen LogP contribution in [0.2, 0.25) is 5.02 Å². The number of carbonyl (C=O) groups is 1. The Balaban J connectivity index is 2.01. The summed E-state index contributed by atoms with van der Waals surface area (Å²) in [5.41, 5.74) is 7.13. The highest BCUT2D eigenvalue weighted by Crippen LogP contribution is 2.26. The normalized spacial score (nSPS) is 10.5. The Bertz CT molecular complexity index is 807. The van der Waals surface area contributed by atoms with Crippen molar-refractivity contribution in [2.45, 2.75) is 0 Å². The Hall–Kier alpha value is -2.59. The highest BCUT2D eigenvalue weighted by atomic mass is 35.5. The van der Waals surface area contributed by atoms with Crippen LogP contribution in [-0.2, 0) is 0 Å². The summed E-state index contributed by atoms with van der Waals surface area (Å²) in [5.74, 6) is -0.338. The van der Waals surface area contributed by atoms with Gasteiger partial charge >= 0.3 is 0 Å². The third-order valence-electron chi connectivity index (χ3n) is 3.20. The van der Waals surface area contributed by atoms with Crippen LogP contribution in [0.15, 0.2) is 54.9 Å². The minimum atomic E-state index is -0.338. The predicted octanol–water partition coefficient (Wildman–Crippen LogP) is 3.72. The van der Waals surface area contributed by atoms with Crippen LogP contribution in [0.3, 0.4) is 0 Å². The largest absolute Gasteiger partial charge is 0.398 e. The zero-order chi connectivity index (χ0) is 14.8. The lowest BCUT2D eigenvalue weighted by Crippen LogP contribution is -2.14. The van der Waals surface area contributed by atoms with Gasteiger partial charge in [0.15, 0.2) is 0 Å². The van der Waals surface area contributed by atoms with E-state index in [-0.39, 0.29) is 11.5 Å². The average molecular weight is 298 g/mol. The molecule has 3 aromatic rings. The highest BCUT2D eigenvalue weighted by Gasteiger charge is 2.15. The van der Waals surface area contributed by atoms with Crippen molar-refractivity contribution >= 4 is 39.7 Å². The Morgan fingerprint density at radius 1 is 1.14 bits per heavy atom. The second-order valence-corrected chi connectivity index (χ2v) is 4.97. The Morgan fingerprint density at radius 2 is 1.95 bits per heavy atom. The first kappa shape index (κ1) is 13.4. The number of nitrogens with one attached hydrogen (secondary N) is 1. The maximum Gasteiger partial charge on any atom is 0.259 e. The first-order valence-electron chi connectivity index (χ1n) is 6.35. The molecule has 5 heteroatoms. The maximum atomic E-state index is 12.4. The number of hydrogen-bond donors (Lipinski definition) is 2. The predicted molar refractivity (Wildman–Crippen MR) is 85.6 cm³/mol. The summed E-state index contributed by atoms with van der Waals surface area (Å²) in [7, 11) is 0. The summed E-state index contributed by atoms with van der Waals surface area (Å²) in [4.78, 5) is 16.5. The van der Waals surface area contributed by atoms with Crippen molar-refractivity contribution in [1.29, 1.82) is 0 Å². The molecular formula is C16H12ClN3O. The van der Waals surface area contributed by atoms with Crippen LogP contribution in [0, 0.1) is 0 Å². The number of rotatable bonds is 2. The maximum absolute atomic E-state index is 12.4. The molecule has 2 aromatic carbocycles. The molecule has 0 atom stereocenters. The van der Waals surface area contributed by atoms with Crippen molar-refractivity contribution < 1.29 is 4.79 Å². The summed E-state index contributed by atoms with van der Waals surface area (Å²) in [6.45, 7) is 0. The Kier molecular flexibility index (Phi) is 3.46. The van der Waals surface area contributed by atoms with Gasteiger partial charge in [-0.15, -0.1) is 0 Å². The fourth-order valence-corrected chi connectivity index (χ4v) is 2.46. The zero-order valence-electron chi connectivity index (χ0n) is 11.0. The van der Waals surface area contributed by atoms with E-state index in [9.17, 15) is 4.79 Å². The van der Waals surface area contributed by atoms with Crippen LogP contribution < -0.4 is 11.1 Å². The van der Waals surface area contributed by atoms with E-state index in [2.05, 4.69) is 10.3 Å². The van der Waals surface area contributed by atoms with Gasteiger partial charge in [0.1, 0.15) is 0 Å². The van der Waals surface area contributed by atoms with E-state index in [1.54, 1.807) is 30.6 Å². The minimum absolute atomic E-state index is 0.278. The average Bonchev–Trinajstić information content (AvgIpc) is 2.47. The number of nitrogens with zero attached hydrogens (tertiary/aromatic N) is 1. The molecule has 0 saturated carbocycles. The van der Waals surface area contributed by atoms with E-state index >= 15 is 0 Å². The molecule has 21 heavy (non-hydrogen) atoms. The van der Waals surface area contributed by atoms with Crippen LogP contribution in [0.5, 0.6) is 0 Å². The van der Waals surface area contributed by atoms with Gasteiger partial charge in [-0.1, -0.05) is 29.8 Å². The van der Waals surface area contributed by atoms with Crippen LogP contribution in [0.1, 0.15) is 10.4 Å². The number of carbonyl (C=O) groups excluding carboxylic acids is 1. The number of amides is 1. The topological polar surface area (TPSA) is 68.0 Å². The lowest BCUT2D eigenvalue weighted by molar-refractivity contribution is 0.102. The van der Waals surface area contributed by atoms with Gasteiger partial charge in [-0.05, 0) is 29.7 Å². The van der Waals surface area contributed by atoms with E-state index in [0.29, 0.717) is 16.4 Å². The number of anilines is 2. The second kappa shape index (κ2) is 5.42. The number of aromatic nitrogens is 1. The van der Waals surface area contributed by atoms with Crippen LogP contribution in [-0.4, -0.2) is 10.9 Å². The molecular weight excluding hydrogens is 286 g/mol. The van der Waals surface area contributed by atoms with Gasteiger partial charge in [0.25, 0.3) is 5.91 Å². The van der Waals surface area contributed by atoms with Gasteiger partial charge in [0.2, 0.25) is 0 Å². The Morgan fingerprint density at radius 3 is 2.76 bits per heavy atom. The number of nitrogen functional groups attached to an aromatic ring is 1. The van der Waals surface area contributed by atoms with Gasteiger partial charge in [-0.25, -0.2) is 0 Å². The lowest BCUT2D eigenvalue weighted by atomic mass is 10.1. The fraction of sp³-hybridized carbons (Fsp3) is 0. The number of pyridine rings is 1. The smallest absolute Gasteiger partial charge is 0.259 e. The molecule has 0 aliphatic carbocycles. The van der Waals surface area contributed by atoms with Gasteiger partial charge in [-0.2, -0.15) is 0 Å². The third-order valence-corrected chi connectivity index (χ3v) is 3.52. The molecule has 4 nitrogen and oxygen atoms in total. The molecule has 0 bridgehead atoms. The van der Waals surface area contributed by atoms with Gasteiger partial charge < -0.3 is 11.1 Å². The van der Waals surface area contributed by atoms with Crippen LogP contribution in [0.25, 0.3) is 10.8 Å². The van der Waals surface area contributed by atoms with Crippen molar-refractivity contribution in [3.63, 3.8) is 0 Å². The van der Waals surface area contributed by atoms with E-state index < -0.39 is 0 Å². The van der Waals surface area contributed by atoms with Crippen molar-refractivity contribution in [2.24, 2.45) is 0 Å². The van der Waals surface area contributed by atoms with E-state index in [0.717, 1.165) is 10.8 Å². The lowest BCUT2D eigenvalue weighted by Gasteiger charge is -2.11. The molecule has 3 N–H and O–H groups in total. The van der Waals surface area contributed by atoms with Crippen molar-refractivity contribution in [2.75, 3.05) is 11.1 Å². The molecule has 1 amide bonds. The summed E-state index contributed by atoms with van der Waals surface area (Å²) < 4.78 is 0. The summed E-state index contributed by atoms with van der Waals surface area (Å²) in [6.07, 6.45) is 3.42. The number of halogens is 1. The first-order valence-corrected chi connectivity index (χ1v) is 6.72. The van der Waals surface area contributed by atoms with Gasteiger partial charge in [0.05, 0.1) is 16.3 Å². The molecule has 0 fully saturated rings. The van der Waals surface area contributed by atoms with Crippen molar-refractivity contribution in [3.05, 3.63) is 65.4 Å². The molecule has 0 aliphatic heterocycles. The molecule has 0 radical (unpaired) electrons. The first-order chi connectivity index (χ1) is 10.2. The Labute approximate surface area is 126 Å². The quantitative estimate of drug-likeness (QED) is 0.708. The van der Waals surface area contributed by atoms with Gasteiger partial charge in [-0.3, -0.25) is 9.78 Å². The third kappa shape index (κ3) is 2.53. The number of hydrogen-bond acceptors (Lipinski definition) is 3. The van der Waals surface area contributed by atoms with E-state index in [4.69, 9.17) is 17.3 Å². The van der Waals surface area contributed by atoms with Crippen LogP contribution >= 0.6 is 11.6 Å². The van der Waals surface area contributed by atoms with Crippen molar-refractivity contribution in [1.82, 2.24) is 4.98 Å².